The highest BCUT2D eigenvalue weighted by molar-refractivity contribution is 7.89. The Kier molecular flexibility index (Phi) is 6.08. The van der Waals surface area contributed by atoms with E-state index in [0.29, 0.717) is 6.61 Å². The summed E-state index contributed by atoms with van der Waals surface area (Å²) in [7, 11) is -4.09. The lowest BCUT2D eigenvalue weighted by atomic mass is 10.2. The van der Waals surface area contributed by atoms with Gasteiger partial charge in [-0.1, -0.05) is 49.0 Å². The lowest BCUT2D eigenvalue weighted by molar-refractivity contribution is -0.387. The second-order valence-electron chi connectivity index (χ2n) is 6.30. The van der Waals surface area contributed by atoms with Gasteiger partial charge in [0.05, 0.1) is 31.2 Å². The lowest BCUT2D eigenvalue weighted by Gasteiger charge is -2.33. The third kappa shape index (κ3) is 4.56. The second-order valence-corrected chi connectivity index (χ2v) is 8.21. The van der Waals surface area contributed by atoms with E-state index in [2.05, 4.69) is 6.58 Å². The maximum Gasteiger partial charge on any atom is 0.289 e. The van der Waals surface area contributed by atoms with Crippen LogP contribution in [0, 0.1) is 10.1 Å². The Morgan fingerprint density at radius 3 is 2.57 bits per heavy atom. The first-order valence-corrected chi connectivity index (χ1v) is 10.0. The Balaban J connectivity index is 1.71. The molecule has 0 spiro atoms. The highest BCUT2D eigenvalue weighted by Crippen LogP contribution is 2.28. The van der Waals surface area contributed by atoms with Crippen molar-refractivity contribution < 1.29 is 22.8 Å². The number of sulfonamides is 1. The van der Waals surface area contributed by atoms with E-state index >= 15 is 0 Å². The highest BCUT2D eigenvalue weighted by Gasteiger charge is 2.36. The van der Waals surface area contributed by atoms with Crippen LogP contribution >= 0.6 is 0 Å². The smallest absolute Gasteiger partial charge is 0.289 e. The van der Waals surface area contributed by atoms with Crippen LogP contribution in [0.3, 0.4) is 0 Å². The van der Waals surface area contributed by atoms with Gasteiger partial charge >= 0.3 is 0 Å². The molecule has 1 aliphatic rings. The van der Waals surface area contributed by atoms with Gasteiger partial charge in [0.25, 0.3) is 5.69 Å². The van der Waals surface area contributed by atoms with Crippen LogP contribution in [0.5, 0.6) is 0 Å². The molecule has 1 heterocycles. The van der Waals surface area contributed by atoms with Crippen LogP contribution in [0.4, 0.5) is 5.69 Å². The maximum absolute atomic E-state index is 13.0. The molecule has 28 heavy (non-hydrogen) atoms. The largest absolute Gasteiger partial charge is 0.490 e. The van der Waals surface area contributed by atoms with Crippen LogP contribution in [0.25, 0.3) is 0 Å². The number of para-hydroxylation sites is 1. The average Bonchev–Trinajstić information content (AvgIpc) is 2.68. The fraction of sp³-hybridized carbons (Fsp3) is 0.263. The molecule has 3 rings (SSSR count). The molecule has 1 atom stereocenters. The molecule has 0 unspecified atom stereocenters. The minimum atomic E-state index is -4.09. The summed E-state index contributed by atoms with van der Waals surface area (Å²) in [5.41, 5.74) is 0.526. The molecule has 0 saturated carbocycles. The van der Waals surface area contributed by atoms with E-state index in [1.807, 2.05) is 30.3 Å². The molecule has 148 valence electrons. The number of nitro benzene ring substituents is 1. The van der Waals surface area contributed by atoms with Crippen molar-refractivity contribution >= 4 is 15.7 Å². The molecule has 2 aromatic rings. The molecular formula is C19H20N2O6S. The van der Waals surface area contributed by atoms with E-state index in [1.54, 1.807) is 0 Å². The molecule has 1 fully saturated rings. The summed E-state index contributed by atoms with van der Waals surface area (Å²) in [4.78, 5) is 10.2. The van der Waals surface area contributed by atoms with E-state index in [-0.39, 0.29) is 30.4 Å². The summed E-state index contributed by atoms with van der Waals surface area (Å²) in [6.45, 7) is 4.21. The van der Waals surface area contributed by atoms with Crippen molar-refractivity contribution in [2.75, 3.05) is 19.7 Å². The SMILES string of the molecule is C=C1CN(S(=O)(=O)c2ccccc2[N+](=O)[O-])C[C@H](COCc2ccccc2)O1. The molecule has 1 aliphatic heterocycles. The molecule has 0 amide bonds. The summed E-state index contributed by atoms with van der Waals surface area (Å²) >= 11 is 0. The fourth-order valence-corrected chi connectivity index (χ4v) is 4.53. The van der Waals surface area contributed by atoms with Crippen LogP contribution in [0.1, 0.15) is 5.56 Å². The molecule has 0 N–H and O–H groups in total. The van der Waals surface area contributed by atoms with Crippen LogP contribution in [-0.2, 0) is 26.1 Å². The topological polar surface area (TPSA) is 99.0 Å². The number of ether oxygens (including phenoxy) is 2. The Labute approximate surface area is 163 Å². The van der Waals surface area contributed by atoms with Gasteiger partial charge in [-0.25, -0.2) is 8.42 Å². The zero-order chi connectivity index (χ0) is 20.1. The fourth-order valence-electron chi connectivity index (χ4n) is 2.92. The summed E-state index contributed by atoms with van der Waals surface area (Å²) in [6.07, 6.45) is -0.553. The zero-order valence-electron chi connectivity index (χ0n) is 15.1. The maximum atomic E-state index is 13.0. The molecule has 1 saturated heterocycles. The number of nitro groups is 1. The summed E-state index contributed by atoms with van der Waals surface area (Å²) in [5, 5.41) is 11.2. The molecule has 9 heteroatoms. The predicted octanol–water partition coefficient (Wildman–Crippen LogP) is 2.71. The predicted molar refractivity (Wildman–Crippen MR) is 102 cm³/mol. The molecule has 2 aromatic carbocycles. The van der Waals surface area contributed by atoms with Crippen molar-refractivity contribution in [2.24, 2.45) is 0 Å². The molecule has 8 nitrogen and oxygen atoms in total. The van der Waals surface area contributed by atoms with Gasteiger partial charge < -0.3 is 9.47 Å². The van der Waals surface area contributed by atoms with Gasteiger partial charge in [0.2, 0.25) is 10.0 Å². The Bertz CT molecular complexity index is 961. The third-order valence-electron chi connectivity index (χ3n) is 4.19. The number of nitrogens with zero attached hydrogens (tertiary/aromatic N) is 2. The van der Waals surface area contributed by atoms with Crippen molar-refractivity contribution in [2.45, 2.75) is 17.6 Å². The van der Waals surface area contributed by atoms with Crippen LogP contribution < -0.4 is 0 Å². The normalized spacial score (nSPS) is 17.9. The molecular weight excluding hydrogens is 384 g/mol. The minimum Gasteiger partial charge on any atom is -0.490 e. The first kappa shape index (κ1) is 20.0. The van der Waals surface area contributed by atoms with Gasteiger partial charge in [-0.15, -0.1) is 0 Å². The number of benzene rings is 2. The standard InChI is InChI=1S/C19H20N2O6S/c1-15-11-20(28(24,25)19-10-6-5-9-18(19)21(22)23)12-17(27-15)14-26-13-16-7-3-2-4-8-16/h2-10,17H,1,11-14H2/t17-/m1/s1. The molecule has 0 aliphatic carbocycles. The van der Waals surface area contributed by atoms with Gasteiger partial charge in [0, 0.05) is 6.07 Å². The van der Waals surface area contributed by atoms with E-state index in [4.69, 9.17) is 9.47 Å². The number of hydrogen-bond acceptors (Lipinski definition) is 6. The summed E-state index contributed by atoms with van der Waals surface area (Å²) in [5.74, 6) is 0.265. The van der Waals surface area contributed by atoms with Crippen molar-refractivity contribution in [3.63, 3.8) is 0 Å². The van der Waals surface area contributed by atoms with Gasteiger partial charge in [-0.2, -0.15) is 4.31 Å². The van der Waals surface area contributed by atoms with Crippen molar-refractivity contribution in [3.8, 4) is 0 Å². The Hall–Kier alpha value is -2.75. The van der Waals surface area contributed by atoms with Crippen LogP contribution in [0.2, 0.25) is 0 Å². The average molecular weight is 404 g/mol. The summed E-state index contributed by atoms with van der Waals surface area (Å²) < 4.78 is 38.3. The first-order valence-electron chi connectivity index (χ1n) is 8.57. The molecule has 0 radical (unpaired) electrons. The molecule has 0 aromatic heterocycles. The van der Waals surface area contributed by atoms with Gasteiger partial charge in [0.15, 0.2) is 4.90 Å². The van der Waals surface area contributed by atoms with Crippen molar-refractivity contribution in [1.29, 1.82) is 0 Å². The van der Waals surface area contributed by atoms with Gasteiger partial charge in [0.1, 0.15) is 11.9 Å². The quantitative estimate of drug-likeness (QED) is 0.520. The highest BCUT2D eigenvalue weighted by atomic mass is 32.2. The Morgan fingerprint density at radius 2 is 1.86 bits per heavy atom. The van der Waals surface area contributed by atoms with E-state index in [9.17, 15) is 18.5 Å². The first-order chi connectivity index (χ1) is 13.4. The van der Waals surface area contributed by atoms with Crippen LogP contribution in [0.15, 0.2) is 71.8 Å². The monoisotopic (exact) mass is 404 g/mol. The van der Waals surface area contributed by atoms with Crippen molar-refractivity contribution in [3.05, 3.63) is 82.6 Å². The number of hydrogen-bond donors (Lipinski definition) is 0. The minimum absolute atomic E-state index is 0.0161. The van der Waals surface area contributed by atoms with E-state index < -0.39 is 26.7 Å². The zero-order valence-corrected chi connectivity index (χ0v) is 15.9. The van der Waals surface area contributed by atoms with Gasteiger partial charge in [-0.05, 0) is 11.6 Å². The van der Waals surface area contributed by atoms with Gasteiger partial charge in [-0.3, -0.25) is 10.1 Å². The third-order valence-corrected chi connectivity index (χ3v) is 6.05. The van der Waals surface area contributed by atoms with E-state index in [1.165, 1.54) is 24.3 Å². The molecule has 0 bridgehead atoms. The van der Waals surface area contributed by atoms with Crippen LogP contribution in [-0.4, -0.2) is 43.4 Å². The number of morpholine rings is 1. The van der Waals surface area contributed by atoms with Crippen molar-refractivity contribution in [1.82, 2.24) is 4.31 Å². The number of rotatable bonds is 7. The Morgan fingerprint density at radius 1 is 1.18 bits per heavy atom. The second kappa shape index (κ2) is 8.51. The van der Waals surface area contributed by atoms with E-state index in [0.717, 1.165) is 9.87 Å². The lowest BCUT2D eigenvalue weighted by Crippen LogP contribution is -2.46. The summed E-state index contributed by atoms with van der Waals surface area (Å²) in [6, 6.07) is 14.8.